The van der Waals surface area contributed by atoms with Crippen molar-refractivity contribution in [3.05, 3.63) is 35.9 Å². The van der Waals surface area contributed by atoms with Crippen molar-refractivity contribution >= 4 is 12.0 Å². The average Bonchev–Trinajstić information content (AvgIpc) is 2.97. The van der Waals surface area contributed by atoms with E-state index in [1.54, 1.807) is 6.08 Å². The first-order valence-electron chi connectivity index (χ1n) is 8.88. The van der Waals surface area contributed by atoms with Crippen molar-refractivity contribution in [3.8, 4) is 5.75 Å². The van der Waals surface area contributed by atoms with Crippen LogP contribution in [0.2, 0.25) is 0 Å². The first-order valence-corrected chi connectivity index (χ1v) is 8.88. The number of hydrogen-bond acceptors (Lipinski definition) is 2. The third-order valence-corrected chi connectivity index (χ3v) is 4.65. The van der Waals surface area contributed by atoms with Gasteiger partial charge in [-0.05, 0) is 48.4 Å². The second-order valence-electron chi connectivity index (χ2n) is 6.52. The normalized spacial score (nSPS) is 20.8. The van der Waals surface area contributed by atoms with Crippen LogP contribution in [0.15, 0.2) is 30.3 Å². The molecule has 1 aliphatic rings. The second kappa shape index (κ2) is 9.39. The van der Waals surface area contributed by atoms with Gasteiger partial charge in [0, 0.05) is 12.6 Å². The summed E-state index contributed by atoms with van der Waals surface area (Å²) >= 11 is 0. The molecule has 126 valence electrons. The van der Waals surface area contributed by atoms with Gasteiger partial charge in [0.1, 0.15) is 5.75 Å². The van der Waals surface area contributed by atoms with Crippen LogP contribution in [0.4, 0.5) is 0 Å². The monoisotopic (exact) mass is 315 g/mol. The average molecular weight is 315 g/mol. The molecule has 3 nitrogen and oxygen atoms in total. The Morgan fingerprint density at radius 1 is 1.30 bits per heavy atom. The van der Waals surface area contributed by atoms with Crippen LogP contribution >= 0.6 is 0 Å². The van der Waals surface area contributed by atoms with Gasteiger partial charge in [-0.2, -0.15) is 0 Å². The molecule has 0 radical (unpaired) electrons. The lowest BCUT2D eigenvalue weighted by atomic mass is 9.98. The van der Waals surface area contributed by atoms with Gasteiger partial charge in [0.05, 0.1) is 6.61 Å². The van der Waals surface area contributed by atoms with Gasteiger partial charge >= 0.3 is 0 Å². The van der Waals surface area contributed by atoms with Gasteiger partial charge in [-0.15, -0.1) is 0 Å². The summed E-state index contributed by atoms with van der Waals surface area (Å²) < 4.78 is 5.63. The lowest BCUT2D eigenvalue weighted by Crippen LogP contribution is -2.28. The van der Waals surface area contributed by atoms with Crippen molar-refractivity contribution in [2.75, 3.05) is 13.2 Å². The molecule has 23 heavy (non-hydrogen) atoms. The Morgan fingerprint density at radius 3 is 2.74 bits per heavy atom. The molecule has 2 rings (SSSR count). The van der Waals surface area contributed by atoms with E-state index in [9.17, 15) is 4.79 Å². The smallest absolute Gasteiger partial charge is 0.244 e. The molecule has 2 atom stereocenters. The summed E-state index contributed by atoms with van der Waals surface area (Å²) in [4.78, 5) is 11.9. The maximum atomic E-state index is 11.9. The Hall–Kier alpha value is -1.77. The number of carbonyl (C=O) groups excluding carboxylic acids is 1. The number of amides is 1. The maximum Gasteiger partial charge on any atom is 0.244 e. The lowest BCUT2D eigenvalue weighted by Gasteiger charge is -2.14. The fourth-order valence-electron chi connectivity index (χ4n) is 3.00. The molecule has 1 aromatic carbocycles. The Labute approximate surface area is 140 Å². The summed E-state index contributed by atoms with van der Waals surface area (Å²) in [5, 5.41) is 3.02. The van der Waals surface area contributed by atoms with Gasteiger partial charge in [0.25, 0.3) is 0 Å². The van der Waals surface area contributed by atoms with Crippen molar-refractivity contribution in [3.63, 3.8) is 0 Å². The Balaban J connectivity index is 1.74. The predicted octanol–water partition coefficient (Wildman–Crippen LogP) is 4.43. The zero-order valence-electron chi connectivity index (χ0n) is 14.4. The van der Waals surface area contributed by atoms with Gasteiger partial charge in [-0.3, -0.25) is 4.79 Å². The molecule has 0 aromatic heterocycles. The SMILES string of the molecule is CCCCOc1ccc(/C=C/C(=O)NCC2CCCC2C)cc1. The molecular formula is C20H29NO2. The van der Waals surface area contributed by atoms with E-state index in [-0.39, 0.29) is 5.91 Å². The van der Waals surface area contributed by atoms with Crippen molar-refractivity contribution in [1.82, 2.24) is 5.32 Å². The van der Waals surface area contributed by atoms with E-state index >= 15 is 0 Å². The van der Waals surface area contributed by atoms with Crippen LogP contribution in [-0.4, -0.2) is 19.1 Å². The summed E-state index contributed by atoms with van der Waals surface area (Å²) in [5.41, 5.74) is 1.01. The minimum Gasteiger partial charge on any atom is -0.494 e. The topological polar surface area (TPSA) is 38.3 Å². The number of ether oxygens (including phenoxy) is 1. The van der Waals surface area contributed by atoms with Gasteiger partial charge in [0.15, 0.2) is 0 Å². The van der Waals surface area contributed by atoms with E-state index < -0.39 is 0 Å². The highest BCUT2D eigenvalue weighted by Gasteiger charge is 2.23. The minimum atomic E-state index is -0.00706. The Bertz CT molecular complexity index is 507. The van der Waals surface area contributed by atoms with E-state index in [2.05, 4.69) is 19.2 Å². The maximum absolute atomic E-state index is 11.9. The number of carbonyl (C=O) groups is 1. The molecule has 3 heteroatoms. The van der Waals surface area contributed by atoms with Crippen LogP contribution in [-0.2, 0) is 4.79 Å². The molecule has 0 saturated heterocycles. The molecule has 1 aliphatic carbocycles. The summed E-state index contributed by atoms with van der Waals surface area (Å²) in [5.74, 6) is 2.26. The van der Waals surface area contributed by atoms with Crippen LogP contribution in [0.1, 0.15) is 51.5 Å². The zero-order valence-corrected chi connectivity index (χ0v) is 14.4. The lowest BCUT2D eigenvalue weighted by molar-refractivity contribution is -0.116. The van der Waals surface area contributed by atoms with Crippen molar-refractivity contribution in [2.24, 2.45) is 11.8 Å². The number of benzene rings is 1. The van der Waals surface area contributed by atoms with Crippen molar-refractivity contribution in [2.45, 2.75) is 46.0 Å². The van der Waals surface area contributed by atoms with Gasteiger partial charge in [-0.25, -0.2) is 0 Å². The van der Waals surface area contributed by atoms with Crippen LogP contribution in [0.25, 0.3) is 6.08 Å². The molecule has 1 saturated carbocycles. The number of nitrogens with one attached hydrogen (secondary N) is 1. The highest BCUT2D eigenvalue weighted by atomic mass is 16.5. The van der Waals surface area contributed by atoms with Crippen molar-refractivity contribution in [1.29, 1.82) is 0 Å². The molecule has 2 unspecified atom stereocenters. The Kier molecular flexibility index (Phi) is 7.18. The van der Waals surface area contributed by atoms with Crippen LogP contribution in [0.5, 0.6) is 5.75 Å². The fourth-order valence-corrected chi connectivity index (χ4v) is 3.00. The van der Waals surface area contributed by atoms with Crippen LogP contribution in [0, 0.1) is 11.8 Å². The van der Waals surface area contributed by atoms with E-state index in [0.29, 0.717) is 5.92 Å². The molecule has 0 heterocycles. The van der Waals surface area contributed by atoms with E-state index in [4.69, 9.17) is 4.74 Å². The summed E-state index contributed by atoms with van der Waals surface area (Å²) in [7, 11) is 0. The number of hydrogen-bond donors (Lipinski definition) is 1. The molecule has 0 spiro atoms. The van der Waals surface area contributed by atoms with Gasteiger partial charge in [-0.1, -0.05) is 45.2 Å². The van der Waals surface area contributed by atoms with E-state index in [1.807, 2.05) is 30.3 Å². The molecule has 1 fully saturated rings. The molecule has 0 aliphatic heterocycles. The van der Waals surface area contributed by atoms with Gasteiger partial charge in [0.2, 0.25) is 5.91 Å². The number of unbranched alkanes of at least 4 members (excludes halogenated alkanes) is 1. The second-order valence-corrected chi connectivity index (χ2v) is 6.52. The molecule has 0 bridgehead atoms. The highest BCUT2D eigenvalue weighted by Crippen LogP contribution is 2.30. The third kappa shape index (κ3) is 6.09. The summed E-state index contributed by atoms with van der Waals surface area (Å²) in [6.07, 6.45) is 9.50. The number of rotatable bonds is 8. The Morgan fingerprint density at radius 2 is 2.09 bits per heavy atom. The minimum absolute atomic E-state index is 0.00706. The first kappa shape index (κ1) is 17.6. The van der Waals surface area contributed by atoms with Gasteiger partial charge < -0.3 is 10.1 Å². The van der Waals surface area contributed by atoms with E-state index in [0.717, 1.165) is 43.2 Å². The zero-order chi connectivity index (χ0) is 16.5. The van der Waals surface area contributed by atoms with Crippen LogP contribution < -0.4 is 10.1 Å². The first-order chi connectivity index (χ1) is 11.2. The quantitative estimate of drug-likeness (QED) is 0.569. The predicted molar refractivity (Wildman–Crippen MR) is 95.4 cm³/mol. The molecule has 1 N–H and O–H groups in total. The van der Waals surface area contributed by atoms with Crippen LogP contribution in [0.3, 0.4) is 0 Å². The molecular weight excluding hydrogens is 286 g/mol. The fraction of sp³-hybridized carbons (Fsp3) is 0.550. The highest BCUT2D eigenvalue weighted by molar-refractivity contribution is 5.91. The third-order valence-electron chi connectivity index (χ3n) is 4.65. The molecule has 1 amide bonds. The molecule has 1 aromatic rings. The summed E-state index contributed by atoms with van der Waals surface area (Å²) in [6, 6.07) is 7.86. The largest absolute Gasteiger partial charge is 0.494 e. The summed E-state index contributed by atoms with van der Waals surface area (Å²) in [6.45, 7) is 5.99. The van der Waals surface area contributed by atoms with E-state index in [1.165, 1.54) is 19.3 Å². The van der Waals surface area contributed by atoms with Crippen molar-refractivity contribution < 1.29 is 9.53 Å². The standard InChI is InChI=1S/C20H29NO2/c1-3-4-14-23-19-11-8-17(9-12-19)10-13-20(22)21-15-18-7-5-6-16(18)2/h8-13,16,18H,3-7,14-15H2,1-2H3,(H,21,22)/b13-10+.